The molecular weight excluding hydrogens is 256 g/mol. The van der Waals surface area contributed by atoms with E-state index in [0.717, 1.165) is 11.8 Å². The molecule has 0 radical (unpaired) electrons. The zero-order valence-corrected chi connectivity index (χ0v) is 11.3. The highest BCUT2D eigenvalue weighted by molar-refractivity contribution is 7.99. The highest BCUT2D eigenvalue weighted by Gasteiger charge is 2.18. The van der Waals surface area contributed by atoms with E-state index in [-0.39, 0.29) is 16.3 Å². The fourth-order valence-electron chi connectivity index (χ4n) is 1.31. The van der Waals surface area contributed by atoms with Crippen molar-refractivity contribution in [2.45, 2.75) is 37.8 Å². The fourth-order valence-corrected chi connectivity index (χ4v) is 2.64. The van der Waals surface area contributed by atoms with Crippen LogP contribution >= 0.6 is 11.8 Å². The van der Waals surface area contributed by atoms with Crippen LogP contribution in [0.2, 0.25) is 0 Å². The molecule has 1 heterocycles. The van der Waals surface area contributed by atoms with E-state index in [1.807, 2.05) is 0 Å². The minimum absolute atomic E-state index is 0.00958. The summed E-state index contributed by atoms with van der Waals surface area (Å²) in [7, 11) is 0. The van der Waals surface area contributed by atoms with Gasteiger partial charge in [0.1, 0.15) is 10.6 Å². The first kappa shape index (κ1) is 14.7. The van der Waals surface area contributed by atoms with E-state index in [1.54, 1.807) is 13.8 Å². The van der Waals surface area contributed by atoms with E-state index < -0.39 is 17.3 Å². The molecule has 0 aromatic carbocycles. The van der Waals surface area contributed by atoms with Crippen molar-refractivity contribution < 1.29 is 15.0 Å². The highest BCUT2D eigenvalue weighted by Crippen LogP contribution is 2.23. The Bertz CT molecular complexity index is 505. The summed E-state index contributed by atoms with van der Waals surface area (Å²) in [6, 6.07) is 0. The summed E-state index contributed by atoms with van der Waals surface area (Å²) >= 11 is 1.16. The van der Waals surface area contributed by atoms with Gasteiger partial charge in [-0.15, -0.1) is 11.8 Å². The molecule has 0 saturated carbocycles. The molecule has 6 nitrogen and oxygen atoms in total. The first-order valence-corrected chi connectivity index (χ1v) is 6.38. The van der Waals surface area contributed by atoms with E-state index in [0.29, 0.717) is 12.2 Å². The van der Waals surface area contributed by atoms with Gasteiger partial charge in [0.05, 0.1) is 5.60 Å². The standard InChI is InChI=1S/C11H16N2O4S/c1-6-7(9(14)15)8(13-10(16)12-6)18-5-4-11(2,3)17/h17H,4-5H2,1-3H3,(H,14,15)(H,12,13,16). The fraction of sp³-hybridized carbons (Fsp3) is 0.545. The first-order valence-electron chi connectivity index (χ1n) is 5.40. The Hall–Kier alpha value is -1.34. The van der Waals surface area contributed by atoms with E-state index in [1.165, 1.54) is 6.92 Å². The molecule has 1 aromatic heterocycles. The molecule has 0 saturated heterocycles. The van der Waals surface area contributed by atoms with Crippen LogP contribution in [0.4, 0.5) is 0 Å². The maximum absolute atomic E-state index is 11.2. The van der Waals surface area contributed by atoms with E-state index in [9.17, 15) is 14.7 Å². The van der Waals surface area contributed by atoms with Crippen LogP contribution in [-0.4, -0.2) is 37.5 Å². The van der Waals surface area contributed by atoms with Crippen LogP contribution in [0.3, 0.4) is 0 Å². The van der Waals surface area contributed by atoms with Gasteiger partial charge in [0.15, 0.2) is 0 Å². The van der Waals surface area contributed by atoms with Gasteiger partial charge in [-0.1, -0.05) is 0 Å². The highest BCUT2D eigenvalue weighted by atomic mass is 32.2. The summed E-state index contributed by atoms with van der Waals surface area (Å²) in [5.74, 6) is -0.637. The third kappa shape index (κ3) is 4.15. The van der Waals surface area contributed by atoms with Crippen molar-refractivity contribution in [1.29, 1.82) is 0 Å². The monoisotopic (exact) mass is 272 g/mol. The van der Waals surface area contributed by atoms with Crippen molar-refractivity contribution in [3.63, 3.8) is 0 Å². The van der Waals surface area contributed by atoms with Crippen molar-refractivity contribution in [3.05, 3.63) is 21.7 Å². The molecule has 0 bridgehead atoms. The third-order valence-corrected chi connectivity index (χ3v) is 3.23. The van der Waals surface area contributed by atoms with E-state index in [2.05, 4.69) is 9.97 Å². The molecule has 1 aromatic rings. The Morgan fingerprint density at radius 1 is 1.50 bits per heavy atom. The quantitative estimate of drug-likeness (QED) is 0.546. The van der Waals surface area contributed by atoms with E-state index in [4.69, 9.17) is 5.11 Å². The van der Waals surface area contributed by atoms with Crippen molar-refractivity contribution in [3.8, 4) is 0 Å². The lowest BCUT2D eigenvalue weighted by atomic mass is 10.1. The number of hydrogen-bond donors (Lipinski definition) is 3. The zero-order chi connectivity index (χ0) is 13.9. The Labute approximate surface area is 108 Å². The number of aliphatic hydroxyl groups is 1. The average Bonchev–Trinajstić information content (AvgIpc) is 2.13. The molecule has 0 spiro atoms. The van der Waals surface area contributed by atoms with Crippen molar-refractivity contribution in [2.75, 3.05) is 5.75 Å². The SMILES string of the molecule is Cc1[nH]c(=O)nc(SCCC(C)(C)O)c1C(=O)O. The van der Waals surface area contributed by atoms with Crippen LogP contribution in [0.25, 0.3) is 0 Å². The summed E-state index contributed by atoms with van der Waals surface area (Å²) in [4.78, 5) is 28.3. The molecule has 100 valence electrons. The Balaban J connectivity index is 2.94. The predicted molar refractivity (Wildman–Crippen MR) is 68.2 cm³/mol. The minimum atomic E-state index is -1.12. The summed E-state index contributed by atoms with van der Waals surface area (Å²) in [6.45, 7) is 4.86. The second kappa shape index (κ2) is 5.53. The largest absolute Gasteiger partial charge is 0.478 e. The summed E-state index contributed by atoms with van der Waals surface area (Å²) in [5, 5.41) is 18.8. The molecule has 18 heavy (non-hydrogen) atoms. The molecule has 0 fully saturated rings. The Kier molecular flexibility index (Phi) is 4.53. The smallest absolute Gasteiger partial charge is 0.346 e. The van der Waals surface area contributed by atoms with Gasteiger partial charge in [0.25, 0.3) is 0 Å². The normalized spacial score (nSPS) is 11.6. The van der Waals surface area contributed by atoms with Gasteiger partial charge < -0.3 is 15.2 Å². The average molecular weight is 272 g/mol. The summed E-state index contributed by atoms with van der Waals surface area (Å²) in [6.07, 6.45) is 0.476. The lowest BCUT2D eigenvalue weighted by molar-refractivity contribution is 0.0690. The van der Waals surface area contributed by atoms with Gasteiger partial charge >= 0.3 is 11.7 Å². The van der Waals surface area contributed by atoms with Crippen molar-refractivity contribution in [1.82, 2.24) is 9.97 Å². The number of carbonyl (C=O) groups is 1. The minimum Gasteiger partial charge on any atom is -0.478 e. The first-order chi connectivity index (χ1) is 8.20. The number of hydrogen-bond acceptors (Lipinski definition) is 5. The van der Waals surface area contributed by atoms with Crippen LogP contribution in [0, 0.1) is 6.92 Å². The summed E-state index contributed by atoms with van der Waals surface area (Å²) < 4.78 is 0. The molecule has 3 N–H and O–H groups in total. The molecule has 7 heteroatoms. The topological polar surface area (TPSA) is 103 Å². The van der Waals surface area contributed by atoms with Crippen LogP contribution in [0.1, 0.15) is 36.3 Å². The van der Waals surface area contributed by atoms with Crippen LogP contribution in [0.5, 0.6) is 0 Å². The van der Waals surface area contributed by atoms with Gasteiger partial charge in [-0.25, -0.2) is 9.59 Å². The number of aromatic amines is 1. The molecule has 0 amide bonds. The number of aryl methyl sites for hydroxylation is 1. The van der Waals surface area contributed by atoms with E-state index >= 15 is 0 Å². The third-order valence-electron chi connectivity index (χ3n) is 2.25. The maximum Gasteiger partial charge on any atom is 0.346 e. The maximum atomic E-state index is 11.2. The Morgan fingerprint density at radius 2 is 2.11 bits per heavy atom. The van der Waals surface area contributed by atoms with Crippen LogP contribution < -0.4 is 5.69 Å². The second-order valence-electron chi connectivity index (χ2n) is 4.56. The van der Waals surface area contributed by atoms with Gasteiger partial charge in [0, 0.05) is 11.4 Å². The lowest BCUT2D eigenvalue weighted by Crippen LogP contribution is -2.20. The number of aromatic nitrogens is 2. The lowest BCUT2D eigenvalue weighted by Gasteiger charge is -2.16. The zero-order valence-electron chi connectivity index (χ0n) is 10.5. The molecule has 0 aliphatic rings. The van der Waals surface area contributed by atoms with Crippen molar-refractivity contribution >= 4 is 17.7 Å². The molecule has 0 atom stereocenters. The number of nitrogens with zero attached hydrogens (tertiary/aromatic N) is 1. The number of carboxylic acids is 1. The van der Waals surface area contributed by atoms with Crippen molar-refractivity contribution in [2.24, 2.45) is 0 Å². The second-order valence-corrected chi connectivity index (χ2v) is 5.65. The number of H-pyrrole nitrogens is 1. The molecule has 1 rings (SSSR count). The molecule has 0 unspecified atom stereocenters. The van der Waals surface area contributed by atoms with Gasteiger partial charge in [-0.05, 0) is 27.2 Å². The van der Waals surface area contributed by atoms with Crippen LogP contribution in [0.15, 0.2) is 9.82 Å². The summed E-state index contributed by atoms with van der Waals surface area (Å²) in [5.41, 5.74) is -1.10. The number of rotatable bonds is 5. The number of thioether (sulfide) groups is 1. The van der Waals surface area contributed by atoms with Crippen LogP contribution in [-0.2, 0) is 0 Å². The Morgan fingerprint density at radius 3 is 2.61 bits per heavy atom. The number of carboxylic acid groups (broad SMARTS) is 1. The van der Waals surface area contributed by atoms with Gasteiger partial charge in [-0.2, -0.15) is 4.98 Å². The van der Waals surface area contributed by atoms with Gasteiger partial charge in [-0.3, -0.25) is 0 Å². The molecular formula is C11H16N2O4S. The van der Waals surface area contributed by atoms with Gasteiger partial charge in [0.2, 0.25) is 0 Å². The number of aromatic carboxylic acids is 1. The predicted octanol–water partition coefficient (Wildman–Crippen LogP) is 1.03. The molecule has 0 aliphatic carbocycles. The molecule has 0 aliphatic heterocycles. The number of nitrogens with one attached hydrogen (secondary N) is 1.